The third-order valence-corrected chi connectivity index (χ3v) is 12.6. The van der Waals surface area contributed by atoms with Crippen LogP contribution in [0.5, 0.6) is 5.75 Å². The lowest BCUT2D eigenvalue weighted by atomic mass is 9.68. The van der Waals surface area contributed by atoms with E-state index in [1.54, 1.807) is 18.2 Å². The van der Waals surface area contributed by atoms with Crippen molar-refractivity contribution in [2.45, 2.75) is 68.6 Å². The van der Waals surface area contributed by atoms with Crippen LogP contribution < -0.4 is 14.4 Å². The van der Waals surface area contributed by atoms with Crippen molar-refractivity contribution >= 4 is 33.2 Å². The van der Waals surface area contributed by atoms with Gasteiger partial charge in [-0.15, -0.1) is 0 Å². The summed E-state index contributed by atoms with van der Waals surface area (Å²) in [6.07, 6.45) is 8.72. The van der Waals surface area contributed by atoms with Crippen LogP contribution in [0.15, 0.2) is 48.6 Å². The number of ether oxygens (including phenoxy) is 2. The molecule has 0 aromatic heterocycles. The van der Waals surface area contributed by atoms with Gasteiger partial charge in [0.1, 0.15) is 5.75 Å². The Morgan fingerprint density at radius 2 is 2.05 bits per heavy atom. The molecule has 6 rings (SSSR count). The first-order valence-electron chi connectivity index (χ1n) is 15.8. The maximum absolute atomic E-state index is 13.6. The number of methoxy groups -OCH3 is 1. The highest BCUT2D eigenvalue weighted by Crippen LogP contribution is 2.46. The van der Waals surface area contributed by atoms with Gasteiger partial charge in [-0.2, -0.15) is 0 Å². The second-order valence-corrected chi connectivity index (χ2v) is 15.6. The average molecular weight is 643 g/mol. The molecule has 238 valence electrons. The molecule has 44 heavy (non-hydrogen) atoms. The third kappa shape index (κ3) is 6.13. The molecule has 2 aromatic carbocycles. The summed E-state index contributed by atoms with van der Waals surface area (Å²) in [7, 11) is -2.49. The lowest BCUT2D eigenvalue weighted by Gasteiger charge is -2.45. The molecule has 1 amide bonds. The Morgan fingerprint density at radius 3 is 2.82 bits per heavy atom. The van der Waals surface area contributed by atoms with Crippen LogP contribution in [0.25, 0.3) is 0 Å². The molecule has 1 saturated carbocycles. The van der Waals surface area contributed by atoms with E-state index in [9.17, 15) is 18.3 Å². The number of benzene rings is 2. The molecule has 0 unspecified atom stereocenters. The smallest absolute Gasteiger partial charge is 0.264 e. The van der Waals surface area contributed by atoms with E-state index in [1.807, 2.05) is 25.1 Å². The van der Waals surface area contributed by atoms with E-state index < -0.39 is 27.3 Å². The molecule has 10 heteroatoms. The Labute approximate surface area is 265 Å². The van der Waals surface area contributed by atoms with Gasteiger partial charge in [0, 0.05) is 42.8 Å². The van der Waals surface area contributed by atoms with Gasteiger partial charge in [-0.1, -0.05) is 36.7 Å². The van der Waals surface area contributed by atoms with Crippen LogP contribution in [0, 0.1) is 17.8 Å². The molecule has 6 atom stereocenters. The number of nitrogens with one attached hydrogen (secondary N) is 1. The lowest BCUT2D eigenvalue weighted by Crippen LogP contribution is -2.49. The monoisotopic (exact) mass is 642 g/mol. The number of allylic oxidation sites excluding steroid dienone is 1. The number of aliphatic hydroxyl groups is 1. The summed E-state index contributed by atoms with van der Waals surface area (Å²) in [6.45, 7) is 3.99. The minimum absolute atomic E-state index is 0.106. The molecule has 2 bridgehead atoms. The van der Waals surface area contributed by atoms with Crippen LogP contribution in [0.3, 0.4) is 0 Å². The summed E-state index contributed by atoms with van der Waals surface area (Å²) < 4.78 is 41.3. The molecule has 8 nitrogen and oxygen atoms in total. The van der Waals surface area contributed by atoms with Gasteiger partial charge in [0.2, 0.25) is 10.0 Å². The van der Waals surface area contributed by atoms with Gasteiger partial charge in [-0.25, -0.2) is 13.1 Å². The molecule has 1 fully saturated rings. The number of fused-ring (bicyclic) bond motifs is 4. The number of carbonyl (C=O) groups excluding carboxylic acids is 1. The third-order valence-electron chi connectivity index (χ3n) is 10.4. The average Bonchev–Trinajstić information content (AvgIpc) is 3.11. The van der Waals surface area contributed by atoms with Gasteiger partial charge in [-0.05, 0) is 104 Å². The normalized spacial score (nSPS) is 32.3. The van der Waals surface area contributed by atoms with E-state index in [-0.39, 0.29) is 41.8 Å². The van der Waals surface area contributed by atoms with Crippen LogP contribution in [-0.4, -0.2) is 64.2 Å². The van der Waals surface area contributed by atoms with Crippen LogP contribution in [0.4, 0.5) is 5.69 Å². The van der Waals surface area contributed by atoms with E-state index in [4.69, 9.17) is 21.1 Å². The zero-order valence-corrected chi connectivity index (χ0v) is 27.1. The van der Waals surface area contributed by atoms with Crippen molar-refractivity contribution in [3.05, 3.63) is 70.3 Å². The van der Waals surface area contributed by atoms with E-state index in [0.29, 0.717) is 31.9 Å². The van der Waals surface area contributed by atoms with Crippen molar-refractivity contribution in [3.63, 3.8) is 0 Å². The van der Waals surface area contributed by atoms with Crippen molar-refractivity contribution in [2.24, 2.45) is 17.8 Å². The fourth-order valence-corrected chi connectivity index (χ4v) is 9.63. The van der Waals surface area contributed by atoms with E-state index in [0.717, 1.165) is 42.8 Å². The Balaban J connectivity index is 1.41. The minimum Gasteiger partial charge on any atom is -0.490 e. The topological polar surface area (TPSA) is 105 Å². The second-order valence-electron chi connectivity index (χ2n) is 13.2. The molecule has 0 radical (unpaired) electrons. The molecule has 0 saturated heterocycles. The number of hydrogen-bond acceptors (Lipinski definition) is 7. The number of anilines is 1. The number of sulfonamides is 1. The van der Waals surface area contributed by atoms with Gasteiger partial charge in [0.25, 0.3) is 5.91 Å². The summed E-state index contributed by atoms with van der Waals surface area (Å²) in [6, 6.07) is 11.4. The number of rotatable bonds is 3. The van der Waals surface area contributed by atoms with Crippen LogP contribution >= 0.6 is 11.6 Å². The zero-order valence-electron chi connectivity index (χ0n) is 25.5. The Bertz CT molecular complexity index is 1530. The standard InChI is InChI=1S/C34H43ClN2O6S/c1-22-5-3-7-30(38)27-11-8-25(27)19-37-20-34(15-4-6-23-17-26(35)10-12-28(23)34)21-43-31-13-9-24(18-29(31)37)33(39)36-44(40,41)32(22)14-16-42-2/h3,7,9-10,12-13,17-18,22,25,27,30,32,38H,4-6,8,11,14-16,19-21H2,1-2H3,(H,36,39)/b7-3+/t22-,25-,27+,30-,32+,34-/m0/s1. The molecule has 2 aromatic rings. The molecule has 2 aliphatic carbocycles. The van der Waals surface area contributed by atoms with E-state index in [1.165, 1.54) is 18.2 Å². The quantitative estimate of drug-likeness (QED) is 0.440. The number of hydrogen-bond donors (Lipinski definition) is 2. The largest absolute Gasteiger partial charge is 0.490 e. The van der Waals surface area contributed by atoms with E-state index >= 15 is 0 Å². The maximum atomic E-state index is 13.6. The van der Waals surface area contributed by atoms with Gasteiger partial charge in [0.05, 0.1) is 23.6 Å². The van der Waals surface area contributed by atoms with Crippen molar-refractivity contribution in [3.8, 4) is 5.75 Å². The molecular formula is C34H43ClN2O6S. The highest BCUT2D eigenvalue weighted by Gasteiger charge is 2.44. The number of amides is 1. The van der Waals surface area contributed by atoms with Gasteiger partial charge < -0.3 is 19.5 Å². The minimum atomic E-state index is -4.02. The summed E-state index contributed by atoms with van der Waals surface area (Å²) in [5.41, 5.74) is 3.27. The predicted molar refractivity (Wildman–Crippen MR) is 172 cm³/mol. The number of aryl methyl sites for hydroxylation is 1. The first-order valence-corrected chi connectivity index (χ1v) is 17.7. The van der Waals surface area contributed by atoms with Gasteiger partial charge >= 0.3 is 0 Å². The molecule has 2 heterocycles. The zero-order chi connectivity index (χ0) is 31.1. The van der Waals surface area contributed by atoms with Gasteiger partial charge in [0.15, 0.2) is 0 Å². The molecule has 2 N–H and O–H groups in total. The molecular weight excluding hydrogens is 600 g/mol. The number of nitrogens with zero attached hydrogens (tertiary/aromatic N) is 1. The van der Waals surface area contributed by atoms with Crippen molar-refractivity contribution in [1.29, 1.82) is 0 Å². The summed E-state index contributed by atoms with van der Waals surface area (Å²) in [4.78, 5) is 15.9. The fraction of sp³-hybridized carbons (Fsp3) is 0.559. The van der Waals surface area contributed by atoms with Crippen LogP contribution in [0.2, 0.25) is 5.02 Å². The van der Waals surface area contributed by atoms with Crippen LogP contribution in [0.1, 0.15) is 66.9 Å². The van der Waals surface area contributed by atoms with Crippen molar-refractivity contribution in [2.75, 3.05) is 38.3 Å². The maximum Gasteiger partial charge on any atom is 0.264 e. The number of aliphatic hydroxyl groups excluding tert-OH is 1. The summed E-state index contributed by atoms with van der Waals surface area (Å²) in [5, 5.41) is 11.1. The Morgan fingerprint density at radius 1 is 1.20 bits per heavy atom. The molecule has 1 spiro atoms. The Hall–Kier alpha value is -2.59. The SMILES string of the molecule is COCC[C@@H]1[C@@H](C)C/C=C/[C@H](O)[C@@H]2CC[C@H]2CN2C[C@@]3(CCCc4cc(Cl)ccc43)COc3ccc(cc32)C(=O)NS1(=O)=O. The van der Waals surface area contributed by atoms with Crippen molar-refractivity contribution in [1.82, 2.24) is 4.72 Å². The second kappa shape index (κ2) is 12.7. The Kier molecular flexibility index (Phi) is 9.03. The first-order chi connectivity index (χ1) is 21.1. The predicted octanol–water partition coefficient (Wildman–Crippen LogP) is 5.26. The first kappa shape index (κ1) is 31.4. The molecule has 4 aliphatic rings. The lowest BCUT2D eigenvalue weighted by molar-refractivity contribution is 0.0455. The number of carbonyl (C=O) groups is 1. The highest BCUT2D eigenvalue weighted by atomic mass is 35.5. The van der Waals surface area contributed by atoms with Crippen LogP contribution in [-0.2, 0) is 26.6 Å². The van der Waals surface area contributed by atoms with Crippen molar-refractivity contribution < 1.29 is 27.8 Å². The van der Waals surface area contributed by atoms with Gasteiger partial charge in [-0.3, -0.25) is 4.79 Å². The summed E-state index contributed by atoms with van der Waals surface area (Å²) in [5.74, 6) is 0.105. The summed E-state index contributed by atoms with van der Waals surface area (Å²) >= 11 is 6.40. The van der Waals surface area contributed by atoms with E-state index in [2.05, 4.69) is 21.8 Å². The number of halogens is 1. The highest BCUT2D eigenvalue weighted by molar-refractivity contribution is 7.90. The fourth-order valence-electron chi connectivity index (χ4n) is 7.78. The molecule has 2 aliphatic heterocycles.